The van der Waals surface area contributed by atoms with E-state index in [1.165, 1.54) is 17.7 Å². The number of halogens is 1. The molecule has 50 valence electrons. The Morgan fingerprint density at radius 3 is 3.20 bits per heavy atom. The van der Waals surface area contributed by atoms with Crippen molar-refractivity contribution in [3.8, 4) is 0 Å². The summed E-state index contributed by atoms with van der Waals surface area (Å²) in [6, 6.07) is 0. The molecule has 2 rings (SSSR count). The number of hydrogen-bond acceptors (Lipinski definition) is 4. The molecule has 0 aromatic carbocycles. The van der Waals surface area contributed by atoms with Gasteiger partial charge in [0, 0.05) is 0 Å². The largest absolute Gasteiger partial charge is 0.242 e. The molecule has 0 aliphatic carbocycles. The second-order valence-corrected chi connectivity index (χ2v) is 3.93. The molecule has 2 aromatic rings. The Morgan fingerprint density at radius 2 is 2.40 bits per heavy atom. The third-order valence-corrected chi connectivity index (χ3v) is 2.48. The first kappa shape index (κ1) is 6.18. The van der Waals surface area contributed by atoms with E-state index in [4.69, 9.17) is 0 Å². The lowest BCUT2D eigenvalue weighted by Gasteiger charge is -1.79. The van der Waals surface area contributed by atoms with E-state index >= 15 is 0 Å². The molecule has 10 heavy (non-hydrogen) atoms. The molecule has 2 aromatic heterocycles. The molecule has 3 nitrogen and oxygen atoms in total. The van der Waals surface area contributed by atoms with Gasteiger partial charge in [0.15, 0.2) is 3.92 Å². The number of hydrogen-bond donors (Lipinski definition) is 0. The summed E-state index contributed by atoms with van der Waals surface area (Å²) >= 11 is 4.77. The lowest BCUT2D eigenvalue weighted by atomic mass is 10.6. The fraction of sp³-hybridized carbons (Fsp3) is 0. The zero-order valence-corrected chi connectivity index (χ0v) is 7.19. The minimum Gasteiger partial charge on any atom is -0.242 e. The molecule has 0 bridgehead atoms. The van der Waals surface area contributed by atoms with Crippen LogP contribution in [0.2, 0.25) is 0 Å². The van der Waals surface area contributed by atoms with Gasteiger partial charge in [-0.3, -0.25) is 0 Å². The van der Waals surface area contributed by atoms with E-state index in [2.05, 4.69) is 30.9 Å². The second kappa shape index (κ2) is 2.25. The fourth-order valence-corrected chi connectivity index (χ4v) is 1.92. The van der Waals surface area contributed by atoms with Gasteiger partial charge in [-0.25, -0.2) is 15.0 Å². The molecular formula is C5H2BrN3S. The van der Waals surface area contributed by atoms with Crippen LogP contribution in [0, 0.1) is 0 Å². The Hall–Kier alpha value is -0.550. The van der Waals surface area contributed by atoms with Crippen LogP contribution in [0.25, 0.3) is 10.3 Å². The molecule has 5 heteroatoms. The van der Waals surface area contributed by atoms with Crippen molar-refractivity contribution in [2.24, 2.45) is 0 Å². The number of rotatable bonds is 0. The minimum absolute atomic E-state index is 0.847. The number of nitrogens with zero attached hydrogens (tertiary/aromatic N) is 3. The molecule has 0 fully saturated rings. The molecule has 0 atom stereocenters. The van der Waals surface area contributed by atoms with Gasteiger partial charge in [0.1, 0.15) is 16.7 Å². The SMILES string of the molecule is Brc1nc2cncnc2s1. The lowest BCUT2D eigenvalue weighted by Crippen LogP contribution is -1.74. The summed E-state index contributed by atoms with van der Waals surface area (Å²) in [7, 11) is 0. The summed E-state index contributed by atoms with van der Waals surface area (Å²) in [5.41, 5.74) is 0.847. The molecule has 0 spiro atoms. The lowest BCUT2D eigenvalue weighted by molar-refractivity contribution is 1.22. The maximum Gasteiger partial charge on any atom is 0.161 e. The van der Waals surface area contributed by atoms with Crippen LogP contribution in [-0.2, 0) is 0 Å². The predicted octanol–water partition coefficient (Wildman–Crippen LogP) is 1.85. The average molecular weight is 216 g/mol. The first-order valence-corrected chi connectivity index (χ1v) is 4.19. The normalized spacial score (nSPS) is 10.5. The van der Waals surface area contributed by atoms with Crippen molar-refractivity contribution in [3.05, 3.63) is 16.4 Å². The zero-order chi connectivity index (χ0) is 6.97. The Morgan fingerprint density at radius 1 is 1.50 bits per heavy atom. The number of aromatic nitrogens is 3. The van der Waals surface area contributed by atoms with Crippen LogP contribution in [0.5, 0.6) is 0 Å². The third-order valence-electron chi connectivity index (χ3n) is 1.05. The van der Waals surface area contributed by atoms with Gasteiger partial charge < -0.3 is 0 Å². The molecule has 0 aliphatic rings. The van der Waals surface area contributed by atoms with Crippen molar-refractivity contribution in [2.45, 2.75) is 0 Å². The maximum atomic E-state index is 4.12. The molecule has 0 radical (unpaired) electrons. The summed E-state index contributed by atoms with van der Waals surface area (Å²) in [6.07, 6.45) is 3.22. The minimum atomic E-state index is 0.847. The monoisotopic (exact) mass is 215 g/mol. The van der Waals surface area contributed by atoms with Gasteiger partial charge in [0.05, 0.1) is 6.20 Å². The molecule has 0 unspecified atom stereocenters. The highest BCUT2D eigenvalue weighted by Gasteiger charge is 1.99. The Kier molecular flexibility index (Phi) is 1.39. The van der Waals surface area contributed by atoms with Gasteiger partial charge in [0.25, 0.3) is 0 Å². The van der Waals surface area contributed by atoms with Gasteiger partial charge >= 0.3 is 0 Å². The second-order valence-electron chi connectivity index (χ2n) is 1.68. The fourth-order valence-electron chi connectivity index (χ4n) is 0.664. The maximum absolute atomic E-state index is 4.12. The van der Waals surface area contributed by atoms with E-state index in [0.717, 1.165) is 14.3 Å². The van der Waals surface area contributed by atoms with Crippen molar-refractivity contribution in [3.63, 3.8) is 0 Å². The van der Waals surface area contributed by atoms with Gasteiger partial charge in [-0.05, 0) is 15.9 Å². The Bertz CT molecular complexity index is 325. The van der Waals surface area contributed by atoms with Crippen LogP contribution in [0.4, 0.5) is 0 Å². The van der Waals surface area contributed by atoms with E-state index in [1.807, 2.05) is 0 Å². The molecule has 0 saturated carbocycles. The van der Waals surface area contributed by atoms with E-state index in [0.29, 0.717) is 0 Å². The van der Waals surface area contributed by atoms with Crippen molar-refractivity contribution < 1.29 is 0 Å². The van der Waals surface area contributed by atoms with Crippen molar-refractivity contribution in [2.75, 3.05) is 0 Å². The molecule has 0 N–H and O–H groups in total. The Labute approximate surface area is 69.3 Å². The van der Waals surface area contributed by atoms with Crippen molar-refractivity contribution in [1.82, 2.24) is 15.0 Å². The highest BCUT2D eigenvalue weighted by molar-refractivity contribution is 9.11. The Balaban J connectivity index is 2.88. The van der Waals surface area contributed by atoms with Crippen LogP contribution in [0.1, 0.15) is 0 Å². The van der Waals surface area contributed by atoms with Gasteiger partial charge in [-0.15, -0.1) is 0 Å². The van der Waals surface area contributed by atoms with E-state index < -0.39 is 0 Å². The van der Waals surface area contributed by atoms with Gasteiger partial charge in [-0.1, -0.05) is 11.3 Å². The highest BCUT2D eigenvalue weighted by atomic mass is 79.9. The summed E-state index contributed by atoms with van der Waals surface area (Å²) < 4.78 is 0.850. The summed E-state index contributed by atoms with van der Waals surface area (Å²) in [5, 5.41) is 0. The third kappa shape index (κ3) is 0.911. The standard InChI is InChI=1S/C5H2BrN3S/c6-5-9-3-1-7-2-8-4(3)10-5/h1-2H. The van der Waals surface area contributed by atoms with Crippen LogP contribution < -0.4 is 0 Å². The van der Waals surface area contributed by atoms with E-state index in [1.54, 1.807) is 6.20 Å². The summed E-state index contributed by atoms with van der Waals surface area (Å²) in [6.45, 7) is 0. The quantitative estimate of drug-likeness (QED) is 0.674. The van der Waals surface area contributed by atoms with Crippen LogP contribution in [0.15, 0.2) is 16.4 Å². The first-order valence-electron chi connectivity index (χ1n) is 2.58. The summed E-state index contributed by atoms with van der Waals surface area (Å²) in [5.74, 6) is 0. The van der Waals surface area contributed by atoms with Gasteiger partial charge in [0.2, 0.25) is 0 Å². The molecule has 0 amide bonds. The molecular weight excluding hydrogens is 214 g/mol. The van der Waals surface area contributed by atoms with Crippen LogP contribution in [0.3, 0.4) is 0 Å². The molecule has 0 saturated heterocycles. The van der Waals surface area contributed by atoms with E-state index in [9.17, 15) is 0 Å². The van der Waals surface area contributed by atoms with Crippen molar-refractivity contribution >= 4 is 37.6 Å². The zero-order valence-electron chi connectivity index (χ0n) is 4.78. The topological polar surface area (TPSA) is 38.7 Å². The smallest absolute Gasteiger partial charge is 0.161 e. The predicted molar refractivity (Wildman–Crippen MR) is 42.9 cm³/mol. The van der Waals surface area contributed by atoms with E-state index in [-0.39, 0.29) is 0 Å². The van der Waals surface area contributed by atoms with Crippen LogP contribution in [-0.4, -0.2) is 15.0 Å². The van der Waals surface area contributed by atoms with Crippen LogP contribution >= 0.6 is 27.3 Å². The number of thiazole rings is 1. The highest BCUT2D eigenvalue weighted by Crippen LogP contribution is 2.22. The number of fused-ring (bicyclic) bond motifs is 1. The average Bonchev–Trinajstić information content (AvgIpc) is 2.27. The van der Waals surface area contributed by atoms with Crippen molar-refractivity contribution in [1.29, 1.82) is 0 Å². The first-order chi connectivity index (χ1) is 4.86. The summed E-state index contributed by atoms with van der Waals surface area (Å²) in [4.78, 5) is 12.9. The molecule has 0 aliphatic heterocycles. The molecule has 2 heterocycles. The van der Waals surface area contributed by atoms with Gasteiger partial charge in [-0.2, -0.15) is 0 Å².